The molecule has 1 aromatic carbocycles. The molecule has 0 atom stereocenters. The average molecular weight is 297 g/mol. The van der Waals surface area contributed by atoms with Crippen LogP contribution in [0.2, 0.25) is 5.02 Å². The summed E-state index contributed by atoms with van der Waals surface area (Å²) in [6.07, 6.45) is 4.15. The highest BCUT2D eigenvalue weighted by atomic mass is 35.5. The number of nitrogens with one attached hydrogen (secondary N) is 1. The van der Waals surface area contributed by atoms with Crippen LogP contribution in [0, 0.1) is 6.92 Å². The maximum absolute atomic E-state index is 12.0. The van der Waals surface area contributed by atoms with Crippen molar-refractivity contribution in [3.63, 3.8) is 0 Å². The van der Waals surface area contributed by atoms with Crippen LogP contribution in [-0.2, 0) is 4.79 Å². The van der Waals surface area contributed by atoms with Gasteiger partial charge in [0.05, 0.1) is 5.54 Å². The Morgan fingerprint density at radius 3 is 2.75 bits per heavy atom. The molecule has 1 aromatic rings. The Labute approximate surface area is 124 Å². The standard InChI is InChI=1S/C15H21ClN2O2/c1-11-8-12(16)4-5-13(11)20-9-14(19)18-15(10-17)6-2-3-7-15/h4-5,8H,2-3,6-7,9-10,17H2,1H3,(H,18,19). The van der Waals surface area contributed by atoms with E-state index in [4.69, 9.17) is 22.1 Å². The fraction of sp³-hybridized carbons (Fsp3) is 0.533. The zero-order valence-electron chi connectivity index (χ0n) is 11.7. The number of carbonyl (C=O) groups excluding carboxylic acids is 1. The van der Waals surface area contributed by atoms with Crippen LogP contribution in [0.5, 0.6) is 5.75 Å². The maximum atomic E-state index is 12.0. The number of aryl methyl sites for hydroxylation is 1. The van der Waals surface area contributed by atoms with E-state index in [1.807, 2.05) is 13.0 Å². The predicted octanol–water partition coefficient (Wildman–Crippen LogP) is 2.41. The first-order chi connectivity index (χ1) is 9.54. The lowest BCUT2D eigenvalue weighted by Crippen LogP contribution is -2.52. The van der Waals surface area contributed by atoms with Gasteiger partial charge in [0.15, 0.2) is 6.61 Å². The van der Waals surface area contributed by atoms with Gasteiger partial charge in [0.25, 0.3) is 5.91 Å². The number of carbonyl (C=O) groups is 1. The minimum Gasteiger partial charge on any atom is -0.484 e. The summed E-state index contributed by atoms with van der Waals surface area (Å²) in [5, 5.41) is 3.69. The molecule has 1 saturated carbocycles. The summed E-state index contributed by atoms with van der Waals surface area (Å²) in [6, 6.07) is 5.34. The van der Waals surface area contributed by atoms with Crippen molar-refractivity contribution in [2.24, 2.45) is 5.73 Å². The van der Waals surface area contributed by atoms with Crippen LogP contribution in [0.15, 0.2) is 18.2 Å². The van der Waals surface area contributed by atoms with E-state index < -0.39 is 0 Å². The average Bonchev–Trinajstić information content (AvgIpc) is 2.87. The molecule has 0 aliphatic heterocycles. The summed E-state index contributed by atoms with van der Waals surface area (Å²) in [5.74, 6) is 0.560. The smallest absolute Gasteiger partial charge is 0.258 e. The fourth-order valence-corrected chi connectivity index (χ4v) is 2.91. The topological polar surface area (TPSA) is 64.3 Å². The van der Waals surface area contributed by atoms with Crippen LogP contribution in [0.25, 0.3) is 0 Å². The number of ether oxygens (including phenoxy) is 1. The van der Waals surface area contributed by atoms with Crippen LogP contribution in [0.1, 0.15) is 31.2 Å². The predicted molar refractivity (Wildman–Crippen MR) is 80.1 cm³/mol. The summed E-state index contributed by atoms with van der Waals surface area (Å²) in [7, 11) is 0. The molecule has 0 heterocycles. The van der Waals surface area contributed by atoms with Gasteiger partial charge in [0, 0.05) is 11.6 Å². The molecule has 0 radical (unpaired) electrons. The van der Waals surface area contributed by atoms with E-state index in [1.165, 1.54) is 0 Å². The van der Waals surface area contributed by atoms with Crippen LogP contribution in [-0.4, -0.2) is 24.6 Å². The SMILES string of the molecule is Cc1cc(Cl)ccc1OCC(=O)NC1(CN)CCCC1. The number of benzene rings is 1. The van der Waals surface area contributed by atoms with Gasteiger partial charge in [-0.25, -0.2) is 0 Å². The van der Waals surface area contributed by atoms with Gasteiger partial charge in [-0.05, 0) is 43.5 Å². The van der Waals surface area contributed by atoms with Crippen molar-refractivity contribution in [3.05, 3.63) is 28.8 Å². The Hall–Kier alpha value is -1.26. The monoisotopic (exact) mass is 296 g/mol. The van der Waals surface area contributed by atoms with Crippen LogP contribution < -0.4 is 15.8 Å². The molecule has 1 fully saturated rings. The molecule has 3 N–H and O–H groups in total. The molecule has 1 aliphatic carbocycles. The van der Waals surface area contributed by atoms with E-state index in [1.54, 1.807) is 12.1 Å². The quantitative estimate of drug-likeness (QED) is 0.877. The zero-order chi connectivity index (χ0) is 14.6. The summed E-state index contributed by atoms with van der Waals surface area (Å²) < 4.78 is 5.54. The van der Waals surface area contributed by atoms with Crippen molar-refractivity contribution >= 4 is 17.5 Å². The molecule has 5 heteroatoms. The number of nitrogens with two attached hydrogens (primary N) is 1. The molecule has 0 spiro atoms. The Balaban J connectivity index is 1.89. The second kappa shape index (κ2) is 6.46. The lowest BCUT2D eigenvalue weighted by Gasteiger charge is -2.28. The minimum atomic E-state index is -0.227. The van der Waals surface area contributed by atoms with Crippen molar-refractivity contribution in [2.75, 3.05) is 13.2 Å². The molecule has 0 aromatic heterocycles. The Morgan fingerprint density at radius 2 is 2.15 bits per heavy atom. The van der Waals surface area contributed by atoms with Gasteiger partial charge in [-0.3, -0.25) is 4.79 Å². The lowest BCUT2D eigenvalue weighted by atomic mass is 9.98. The highest BCUT2D eigenvalue weighted by Gasteiger charge is 2.33. The molecular formula is C15H21ClN2O2. The van der Waals surface area contributed by atoms with Crippen LogP contribution in [0.4, 0.5) is 0 Å². The summed E-state index contributed by atoms with van der Waals surface area (Å²) in [4.78, 5) is 12.0. The fourth-order valence-electron chi connectivity index (χ4n) is 2.68. The van der Waals surface area contributed by atoms with Gasteiger partial charge >= 0.3 is 0 Å². The number of hydrogen-bond acceptors (Lipinski definition) is 3. The number of hydrogen-bond donors (Lipinski definition) is 2. The third kappa shape index (κ3) is 3.64. The summed E-state index contributed by atoms with van der Waals surface area (Å²) >= 11 is 5.88. The Morgan fingerprint density at radius 1 is 1.45 bits per heavy atom. The third-order valence-corrected chi connectivity index (χ3v) is 4.09. The van der Waals surface area contributed by atoms with Gasteiger partial charge in [0.1, 0.15) is 5.75 Å². The Kier molecular flexibility index (Phi) is 4.89. The van der Waals surface area contributed by atoms with E-state index in [0.29, 0.717) is 17.3 Å². The molecule has 4 nitrogen and oxygen atoms in total. The first-order valence-electron chi connectivity index (χ1n) is 6.95. The zero-order valence-corrected chi connectivity index (χ0v) is 12.5. The van der Waals surface area contributed by atoms with Crippen molar-refractivity contribution < 1.29 is 9.53 Å². The van der Waals surface area contributed by atoms with E-state index in [9.17, 15) is 4.79 Å². The van der Waals surface area contributed by atoms with Crippen molar-refractivity contribution in [3.8, 4) is 5.75 Å². The molecule has 1 amide bonds. The first-order valence-corrected chi connectivity index (χ1v) is 7.32. The summed E-state index contributed by atoms with van der Waals surface area (Å²) in [6.45, 7) is 2.39. The van der Waals surface area contributed by atoms with Gasteiger partial charge < -0.3 is 15.8 Å². The Bertz CT molecular complexity index is 485. The van der Waals surface area contributed by atoms with Gasteiger partial charge in [-0.2, -0.15) is 0 Å². The number of rotatable bonds is 5. The largest absolute Gasteiger partial charge is 0.484 e. The minimum absolute atomic E-state index is 0.00419. The highest BCUT2D eigenvalue weighted by Crippen LogP contribution is 2.28. The maximum Gasteiger partial charge on any atom is 0.258 e. The van der Waals surface area contributed by atoms with Gasteiger partial charge in [-0.15, -0.1) is 0 Å². The molecule has 110 valence electrons. The molecule has 1 aliphatic rings. The van der Waals surface area contributed by atoms with Crippen molar-refractivity contribution in [2.45, 2.75) is 38.1 Å². The molecule has 0 saturated heterocycles. The molecule has 2 rings (SSSR count). The van der Waals surface area contributed by atoms with Gasteiger partial charge in [0.2, 0.25) is 0 Å². The van der Waals surface area contributed by atoms with E-state index in [2.05, 4.69) is 5.32 Å². The normalized spacial score (nSPS) is 16.9. The third-order valence-electron chi connectivity index (χ3n) is 3.85. The van der Waals surface area contributed by atoms with E-state index in [-0.39, 0.29) is 18.1 Å². The van der Waals surface area contributed by atoms with Crippen molar-refractivity contribution in [1.82, 2.24) is 5.32 Å². The van der Waals surface area contributed by atoms with E-state index >= 15 is 0 Å². The lowest BCUT2D eigenvalue weighted by molar-refractivity contribution is -0.124. The van der Waals surface area contributed by atoms with Crippen LogP contribution >= 0.6 is 11.6 Å². The summed E-state index contributed by atoms with van der Waals surface area (Å²) in [5.41, 5.74) is 6.48. The second-order valence-electron chi connectivity index (χ2n) is 5.44. The number of halogens is 1. The highest BCUT2D eigenvalue weighted by molar-refractivity contribution is 6.30. The second-order valence-corrected chi connectivity index (χ2v) is 5.87. The first kappa shape index (κ1) is 15.1. The molecule has 0 bridgehead atoms. The number of amides is 1. The van der Waals surface area contributed by atoms with E-state index in [0.717, 1.165) is 31.2 Å². The molecule has 0 unspecified atom stereocenters. The molecular weight excluding hydrogens is 276 g/mol. The van der Waals surface area contributed by atoms with Crippen molar-refractivity contribution in [1.29, 1.82) is 0 Å². The van der Waals surface area contributed by atoms with Crippen LogP contribution in [0.3, 0.4) is 0 Å². The van der Waals surface area contributed by atoms with Gasteiger partial charge in [-0.1, -0.05) is 24.4 Å². The molecule has 20 heavy (non-hydrogen) atoms.